The summed E-state index contributed by atoms with van der Waals surface area (Å²) in [4.78, 5) is 19.0. The second-order valence-electron chi connectivity index (χ2n) is 8.26. The van der Waals surface area contributed by atoms with Gasteiger partial charge in [0, 0.05) is 33.5 Å². The number of nitrogens with zero attached hydrogens (tertiary/aromatic N) is 1. The zero-order valence-corrected chi connectivity index (χ0v) is 18.2. The molecule has 2 heterocycles. The number of rotatable bonds is 4. The standard InChI is InChI=1S/C29H22N2O2/c1-20-27(24-17-9-11-19-26(24)30-20)29(25-18-10-8-16-23(25)28(32)33-29)31(21-12-4-2-5-13-21)22-14-6-3-7-15-22/h2-19,30H,1H3. The SMILES string of the molecule is Cc1[nH]c2ccccc2c1C1(N(c2ccccc2)c2ccccc2)OC(=O)c2ccccc21. The van der Waals surface area contributed by atoms with Crippen molar-refractivity contribution < 1.29 is 9.53 Å². The largest absolute Gasteiger partial charge is 0.426 e. The molecule has 0 amide bonds. The van der Waals surface area contributed by atoms with E-state index < -0.39 is 5.72 Å². The number of fused-ring (bicyclic) bond motifs is 2. The van der Waals surface area contributed by atoms with E-state index >= 15 is 0 Å². The number of aromatic nitrogens is 1. The maximum absolute atomic E-state index is 13.3. The van der Waals surface area contributed by atoms with Gasteiger partial charge in [-0.05, 0) is 43.3 Å². The molecule has 5 aromatic rings. The summed E-state index contributed by atoms with van der Waals surface area (Å²) in [5, 5.41) is 1.02. The summed E-state index contributed by atoms with van der Waals surface area (Å²) < 4.78 is 6.49. The lowest BCUT2D eigenvalue weighted by molar-refractivity contribution is 0.0137. The lowest BCUT2D eigenvalue weighted by atomic mass is 9.88. The van der Waals surface area contributed by atoms with E-state index in [4.69, 9.17) is 4.74 Å². The van der Waals surface area contributed by atoms with Crippen LogP contribution in [0.2, 0.25) is 0 Å². The molecule has 4 heteroatoms. The molecule has 0 saturated heterocycles. The van der Waals surface area contributed by atoms with E-state index in [0.29, 0.717) is 5.56 Å². The number of ether oxygens (including phenoxy) is 1. The van der Waals surface area contributed by atoms with Gasteiger partial charge in [0.25, 0.3) is 0 Å². The number of esters is 1. The highest BCUT2D eigenvalue weighted by atomic mass is 16.6. The van der Waals surface area contributed by atoms with Crippen molar-refractivity contribution in [2.24, 2.45) is 0 Å². The van der Waals surface area contributed by atoms with E-state index in [-0.39, 0.29) is 5.97 Å². The van der Waals surface area contributed by atoms with Crippen molar-refractivity contribution >= 4 is 28.2 Å². The normalized spacial score (nSPS) is 17.1. The molecule has 0 bridgehead atoms. The van der Waals surface area contributed by atoms with Crippen LogP contribution in [0.3, 0.4) is 0 Å². The van der Waals surface area contributed by atoms with Crippen LogP contribution in [0.25, 0.3) is 10.9 Å². The van der Waals surface area contributed by atoms with Gasteiger partial charge in [-0.15, -0.1) is 0 Å². The minimum absolute atomic E-state index is 0.327. The average Bonchev–Trinajstić information content (AvgIpc) is 3.35. The van der Waals surface area contributed by atoms with Gasteiger partial charge in [0.15, 0.2) is 0 Å². The van der Waals surface area contributed by atoms with Crippen LogP contribution in [-0.2, 0) is 10.5 Å². The maximum atomic E-state index is 13.3. The Morgan fingerprint density at radius 1 is 0.727 bits per heavy atom. The van der Waals surface area contributed by atoms with E-state index in [0.717, 1.165) is 39.1 Å². The van der Waals surface area contributed by atoms with Gasteiger partial charge < -0.3 is 9.72 Å². The maximum Gasteiger partial charge on any atom is 0.341 e. The monoisotopic (exact) mass is 430 g/mol. The van der Waals surface area contributed by atoms with Crippen LogP contribution in [0.15, 0.2) is 109 Å². The molecule has 4 nitrogen and oxygen atoms in total. The molecule has 1 aliphatic heterocycles. The highest BCUT2D eigenvalue weighted by Crippen LogP contribution is 2.52. The fourth-order valence-electron chi connectivity index (χ4n) is 5.04. The molecule has 6 rings (SSSR count). The third-order valence-corrected chi connectivity index (χ3v) is 6.33. The number of carbonyl (C=O) groups is 1. The van der Waals surface area contributed by atoms with Crippen LogP contribution in [0.4, 0.5) is 11.4 Å². The van der Waals surface area contributed by atoms with Crippen LogP contribution in [-0.4, -0.2) is 11.0 Å². The number of carbonyl (C=O) groups excluding carboxylic acids is 1. The number of anilines is 2. The molecule has 0 aliphatic carbocycles. The Kier molecular flexibility index (Phi) is 4.34. The lowest BCUT2D eigenvalue weighted by Gasteiger charge is -2.42. The van der Waals surface area contributed by atoms with Crippen molar-refractivity contribution in [2.75, 3.05) is 4.90 Å². The van der Waals surface area contributed by atoms with E-state index in [1.165, 1.54) is 0 Å². The minimum Gasteiger partial charge on any atom is -0.426 e. The Morgan fingerprint density at radius 2 is 1.30 bits per heavy atom. The minimum atomic E-state index is -1.18. The summed E-state index contributed by atoms with van der Waals surface area (Å²) in [5.41, 5.74) is 4.98. The van der Waals surface area contributed by atoms with Gasteiger partial charge in [-0.2, -0.15) is 0 Å². The van der Waals surface area contributed by atoms with Gasteiger partial charge in [0.1, 0.15) is 0 Å². The fraction of sp³-hybridized carbons (Fsp3) is 0.0690. The third-order valence-electron chi connectivity index (χ3n) is 6.33. The summed E-state index contributed by atoms with van der Waals surface area (Å²) in [7, 11) is 0. The molecule has 0 radical (unpaired) electrons. The predicted molar refractivity (Wildman–Crippen MR) is 131 cm³/mol. The molecule has 1 atom stereocenters. The molecular formula is C29H22N2O2. The number of H-pyrrole nitrogens is 1. The van der Waals surface area contributed by atoms with Crippen molar-refractivity contribution in [3.8, 4) is 0 Å². The Balaban J connectivity index is 1.77. The van der Waals surface area contributed by atoms with E-state index in [9.17, 15) is 4.79 Å². The van der Waals surface area contributed by atoms with Crippen molar-refractivity contribution in [3.63, 3.8) is 0 Å². The molecule has 0 spiro atoms. The number of benzene rings is 4. The third kappa shape index (κ3) is 2.81. The lowest BCUT2D eigenvalue weighted by Crippen LogP contribution is -2.45. The summed E-state index contributed by atoms with van der Waals surface area (Å²) in [6.45, 7) is 2.04. The van der Waals surface area contributed by atoms with Gasteiger partial charge in [-0.1, -0.05) is 72.8 Å². The van der Waals surface area contributed by atoms with Crippen LogP contribution in [0.1, 0.15) is 27.2 Å². The number of aryl methyl sites for hydroxylation is 1. The second kappa shape index (κ2) is 7.38. The Morgan fingerprint density at radius 3 is 2.00 bits per heavy atom. The van der Waals surface area contributed by atoms with Gasteiger partial charge in [-0.3, -0.25) is 4.90 Å². The van der Waals surface area contributed by atoms with Crippen LogP contribution in [0, 0.1) is 6.92 Å². The topological polar surface area (TPSA) is 45.3 Å². The fourth-order valence-corrected chi connectivity index (χ4v) is 5.04. The Bertz CT molecular complexity index is 1430. The van der Waals surface area contributed by atoms with Crippen molar-refractivity contribution in [3.05, 3.63) is 132 Å². The summed E-state index contributed by atoms with van der Waals surface area (Å²) >= 11 is 0. The first kappa shape index (κ1) is 19.4. The first-order chi connectivity index (χ1) is 16.2. The van der Waals surface area contributed by atoms with Gasteiger partial charge >= 0.3 is 5.97 Å². The second-order valence-corrected chi connectivity index (χ2v) is 8.26. The number of nitrogens with one attached hydrogen (secondary N) is 1. The van der Waals surface area contributed by atoms with Gasteiger partial charge in [0.2, 0.25) is 5.72 Å². The molecular weight excluding hydrogens is 408 g/mol. The van der Waals surface area contributed by atoms with Crippen molar-refractivity contribution in [1.82, 2.24) is 4.98 Å². The Hall–Kier alpha value is -4.31. The van der Waals surface area contributed by atoms with Crippen LogP contribution in [0.5, 0.6) is 0 Å². The Labute approximate surface area is 192 Å². The van der Waals surface area contributed by atoms with Gasteiger partial charge in [0.05, 0.1) is 11.1 Å². The molecule has 1 aliphatic rings. The number of para-hydroxylation sites is 3. The molecule has 1 unspecified atom stereocenters. The molecule has 0 saturated carbocycles. The quantitative estimate of drug-likeness (QED) is 0.323. The first-order valence-electron chi connectivity index (χ1n) is 11.0. The summed E-state index contributed by atoms with van der Waals surface area (Å²) in [6.07, 6.45) is 0. The molecule has 160 valence electrons. The molecule has 1 aromatic heterocycles. The van der Waals surface area contributed by atoms with E-state index in [2.05, 4.69) is 22.0 Å². The first-order valence-corrected chi connectivity index (χ1v) is 11.0. The highest BCUT2D eigenvalue weighted by Gasteiger charge is 2.54. The van der Waals surface area contributed by atoms with E-state index in [1.54, 1.807) is 0 Å². The smallest absolute Gasteiger partial charge is 0.341 e. The van der Waals surface area contributed by atoms with Crippen LogP contribution < -0.4 is 4.90 Å². The van der Waals surface area contributed by atoms with E-state index in [1.807, 2.05) is 104 Å². The zero-order valence-electron chi connectivity index (χ0n) is 18.2. The molecule has 33 heavy (non-hydrogen) atoms. The van der Waals surface area contributed by atoms with Crippen LogP contribution >= 0.6 is 0 Å². The highest BCUT2D eigenvalue weighted by molar-refractivity contribution is 5.99. The molecule has 0 fully saturated rings. The predicted octanol–water partition coefficient (Wildman–Crippen LogP) is 6.69. The number of aromatic amines is 1. The summed E-state index contributed by atoms with van der Waals surface area (Å²) in [5.74, 6) is -0.327. The number of hydrogen-bond acceptors (Lipinski definition) is 3. The molecule has 1 N–H and O–H groups in total. The average molecular weight is 431 g/mol. The molecule has 4 aromatic carbocycles. The van der Waals surface area contributed by atoms with Crippen molar-refractivity contribution in [2.45, 2.75) is 12.6 Å². The number of cyclic esters (lactones) is 1. The number of hydrogen-bond donors (Lipinski definition) is 1. The van der Waals surface area contributed by atoms with Gasteiger partial charge in [-0.25, -0.2) is 4.79 Å². The summed E-state index contributed by atoms with van der Waals surface area (Å²) in [6, 6.07) is 36.1. The zero-order chi connectivity index (χ0) is 22.4. The van der Waals surface area contributed by atoms with Crippen molar-refractivity contribution in [1.29, 1.82) is 0 Å².